The van der Waals surface area contributed by atoms with Gasteiger partial charge in [0.2, 0.25) is 0 Å². The minimum absolute atomic E-state index is 0.180. The first-order valence-corrected chi connectivity index (χ1v) is 7.80. The number of aliphatic hydroxyl groups is 1. The van der Waals surface area contributed by atoms with Crippen molar-refractivity contribution in [2.24, 2.45) is 0 Å². The van der Waals surface area contributed by atoms with Crippen LogP contribution in [0, 0.1) is 0 Å². The van der Waals surface area contributed by atoms with Gasteiger partial charge in [0.25, 0.3) is 0 Å². The molecule has 2 fully saturated rings. The SMILES string of the molecule is [2H]C(C)(O)C([2H])(C(=O)O[C@@]1([2H])CC2CC[C@H](C1)N2C)c1ccccc1. The Morgan fingerprint density at radius 1 is 1.36 bits per heavy atom. The van der Waals surface area contributed by atoms with Gasteiger partial charge in [-0.1, -0.05) is 30.3 Å². The van der Waals surface area contributed by atoms with Crippen molar-refractivity contribution in [3.8, 4) is 0 Å². The molecule has 22 heavy (non-hydrogen) atoms. The van der Waals surface area contributed by atoms with Crippen molar-refractivity contribution in [1.82, 2.24) is 4.90 Å². The Balaban J connectivity index is 1.87. The molecule has 2 bridgehead atoms. The van der Waals surface area contributed by atoms with Gasteiger partial charge in [-0.3, -0.25) is 4.79 Å². The second kappa shape index (κ2) is 6.39. The van der Waals surface area contributed by atoms with Crippen LogP contribution in [0.5, 0.6) is 0 Å². The second-order valence-electron chi connectivity index (χ2n) is 6.21. The third kappa shape index (κ3) is 3.03. The molecule has 0 spiro atoms. The minimum Gasteiger partial charge on any atom is -0.462 e. The van der Waals surface area contributed by atoms with Crippen LogP contribution in [0.2, 0.25) is 0 Å². The lowest BCUT2D eigenvalue weighted by Crippen LogP contribution is -2.44. The summed E-state index contributed by atoms with van der Waals surface area (Å²) >= 11 is 0. The van der Waals surface area contributed by atoms with Gasteiger partial charge >= 0.3 is 5.97 Å². The van der Waals surface area contributed by atoms with E-state index in [2.05, 4.69) is 4.90 Å². The molecule has 1 aromatic rings. The number of benzene rings is 1. The third-order valence-corrected chi connectivity index (χ3v) is 4.78. The van der Waals surface area contributed by atoms with Crippen molar-refractivity contribution < 1.29 is 18.8 Å². The zero-order valence-electron chi connectivity index (χ0n) is 16.1. The van der Waals surface area contributed by atoms with Crippen molar-refractivity contribution in [3.05, 3.63) is 35.9 Å². The van der Waals surface area contributed by atoms with Crippen LogP contribution in [-0.4, -0.2) is 47.3 Å². The van der Waals surface area contributed by atoms with E-state index < -0.39 is 24.0 Å². The third-order valence-electron chi connectivity index (χ3n) is 4.78. The van der Waals surface area contributed by atoms with Gasteiger partial charge in [0, 0.05) is 13.5 Å². The van der Waals surface area contributed by atoms with Crippen LogP contribution in [0.1, 0.15) is 48.2 Å². The molecule has 0 aromatic heterocycles. The number of rotatable bonds is 4. The lowest BCUT2D eigenvalue weighted by atomic mass is 9.94. The summed E-state index contributed by atoms with van der Waals surface area (Å²) in [6.07, 6.45) is -1.10. The van der Waals surface area contributed by atoms with E-state index in [9.17, 15) is 9.90 Å². The molecule has 0 radical (unpaired) electrons. The highest BCUT2D eigenvalue weighted by Gasteiger charge is 2.40. The minimum atomic E-state index is -2.40. The number of hydrogen-bond acceptors (Lipinski definition) is 4. The first kappa shape index (κ1) is 12.1. The van der Waals surface area contributed by atoms with Gasteiger partial charge in [-0.15, -0.1) is 0 Å². The van der Waals surface area contributed by atoms with Crippen LogP contribution in [0.15, 0.2) is 30.3 Å². The van der Waals surface area contributed by atoms with Crippen LogP contribution in [-0.2, 0) is 9.53 Å². The Hall–Kier alpha value is -1.39. The van der Waals surface area contributed by atoms with Crippen molar-refractivity contribution in [2.75, 3.05) is 7.05 Å². The molecule has 2 aliphatic rings. The topological polar surface area (TPSA) is 49.8 Å². The molecule has 1 aromatic carbocycles. The van der Waals surface area contributed by atoms with E-state index in [-0.39, 0.29) is 17.6 Å². The Bertz CT molecular complexity index is 635. The number of carbonyl (C=O) groups excluding carboxylic acids is 1. The number of esters is 1. The second-order valence-corrected chi connectivity index (χ2v) is 6.21. The summed E-state index contributed by atoms with van der Waals surface area (Å²) in [5, 5.41) is 10.2. The van der Waals surface area contributed by atoms with Gasteiger partial charge in [0.05, 0.1) is 8.82 Å². The molecule has 0 aliphatic carbocycles. The molecular weight excluding hydrogens is 278 g/mol. The number of hydrogen-bond donors (Lipinski definition) is 1. The normalized spacial score (nSPS) is 39.0. The van der Waals surface area contributed by atoms with Crippen LogP contribution >= 0.6 is 0 Å². The van der Waals surface area contributed by atoms with E-state index in [4.69, 9.17) is 8.85 Å². The fraction of sp³-hybridized carbons (Fsp3) is 0.611. The summed E-state index contributed by atoms with van der Waals surface area (Å²) < 4.78 is 30.6. The molecule has 4 nitrogen and oxygen atoms in total. The van der Waals surface area contributed by atoms with E-state index >= 15 is 0 Å². The molecule has 2 aliphatic heterocycles. The Kier molecular flexibility index (Phi) is 3.51. The fourth-order valence-corrected chi connectivity index (χ4v) is 3.54. The van der Waals surface area contributed by atoms with Crippen molar-refractivity contribution in [1.29, 1.82) is 0 Å². The van der Waals surface area contributed by atoms with E-state index in [0.717, 1.165) is 19.8 Å². The highest BCUT2D eigenvalue weighted by molar-refractivity contribution is 5.79. The van der Waals surface area contributed by atoms with Gasteiger partial charge in [0.1, 0.15) is 12.0 Å². The molecular formula is C18H25NO3. The van der Waals surface area contributed by atoms with Crippen molar-refractivity contribution >= 4 is 5.97 Å². The molecule has 1 N–H and O–H groups in total. The highest BCUT2D eigenvalue weighted by atomic mass is 16.5. The Labute approximate surface area is 136 Å². The maximum Gasteiger partial charge on any atom is 0.316 e. The van der Waals surface area contributed by atoms with E-state index in [0.29, 0.717) is 12.8 Å². The first-order valence-electron chi connectivity index (χ1n) is 9.30. The molecule has 0 amide bonds. The first-order chi connectivity index (χ1) is 11.6. The van der Waals surface area contributed by atoms with E-state index in [1.54, 1.807) is 18.2 Å². The molecule has 3 unspecified atom stereocenters. The maximum atomic E-state index is 12.9. The van der Waals surface area contributed by atoms with Gasteiger partial charge in [0.15, 0.2) is 0 Å². The average Bonchev–Trinajstić information content (AvgIpc) is 2.76. The Morgan fingerprint density at radius 2 is 1.95 bits per heavy atom. The van der Waals surface area contributed by atoms with Gasteiger partial charge in [-0.25, -0.2) is 0 Å². The predicted octanol–water partition coefficient (Wildman–Crippen LogP) is 2.32. The van der Waals surface area contributed by atoms with Crippen LogP contribution in [0.4, 0.5) is 0 Å². The standard InChI is InChI=1S/C18H25NO3/c1-12(20)17(13-6-4-3-5-7-13)18(21)22-16-10-14-8-9-15(11-16)19(14)2/h3-7,12,14-17,20H,8-11H2,1-2H3/t12?,14-,15?,16-,17?/m1/s1/i12D,16D,17D. The zero-order chi connectivity index (χ0) is 18.5. The summed E-state index contributed by atoms with van der Waals surface area (Å²) in [7, 11) is 2.02. The van der Waals surface area contributed by atoms with Crippen molar-refractivity contribution in [3.63, 3.8) is 0 Å². The van der Waals surface area contributed by atoms with Gasteiger partial charge in [-0.05, 0) is 45.2 Å². The summed E-state index contributed by atoms with van der Waals surface area (Å²) in [5.41, 5.74) is 0.180. The van der Waals surface area contributed by atoms with Crippen LogP contribution in [0.3, 0.4) is 0 Å². The number of fused-ring (bicyclic) bond motifs is 2. The molecule has 2 saturated heterocycles. The lowest BCUT2D eigenvalue weighted by Gasteiger charge is -2.36. The molecule has 0 saturated carbocycles. The lowest BCUT2D eigenvalue weighted by molar-refractivity contribution is -0.156. The number of nitrogens with zero attached hydrogens (tertiary/aromatic N) is 1. The molecule has 120 valence electrons. The molecule has 5 atom stereocenters. The maximum absolute atomic E-state index is 12.9. The summed E-state index contributed by atoms with van der Waals surface area (Å²) in [4.78, 5) is 15.1. The van der Waals surface area contributed by atoms with Crippen molar-refractivity contribution in [2.45, 2.75) is 62.7 Å². The van der Waals surface area contributed by atoms with Gasteiger partial charge in [-0.2, -0.15) is 0 Å². The summed E-state index contributed by atoms with van der Waals surface area (Å²) in [6, 6.07) is 8.44. The number of ether oxygens (including phenoxy) is 1. The summed E-state index contributed by atoms with van der Waals surface area (Å²) in [6.45, 7) is 1.10. The monoisotopic (exact) mass is 306 g/mol. The largest absolute Gasteiger partial charge is 0.462 e. The van der Waals surface area contributed by atoms with E-state index in [1.807, 2.05) is 7.05 Å². The zero-order valence-corrected chi connectivity index (χ0v) is 13.1. The molecule has 4 heteroatoms. The molecule has 3 rings (SSSR count). The smallest absolute Gasteiger partial charge is 0.316 e. The van der Waals surface area contributed by atoms with E-state index in [1.165, 1.54) is 12.1 Å². The Morgan fingerprint density at radius 3 is 2.50 bits per heavy atom. The summed E-state index contributed by atoms with van der Waals surface area (Å²) in [5.74, 6) is -3.36. The van der Waals surface area contributed by atoms with Gasteiger partial charge < -0.3 is 14.7 Å². The molecule has 2 heterocycles. The predicted molar refractivity (Wildman–Crippen MR) is 84.6 cm³/mol. The fourth-order valence-electron chi connectivity index (χ4n) is 3.54. The van der Waals surface area contributed by atoms with Crippen LogP contribution < -0.4 is 0 Å². The average molecular weight is 306 g/mol. The number of carbonyl (C=O) groups is 1. The quantitative estimate of drug-likeness (QED) is 0.867. The highest BCUT2D eigenvalue weighted by Crippen LogP contribution is 2.36. The van der Waals surface area contributed by atoms with Crippen LogP contribution in [0.25, 0.3) is 0 Å². The number of piperidine rings is 1.